The number of hydrogen-bond donors (Lipinski definition) is 1. The molecule has 0 saturated heterocycles. The molecule has 7 nitrogen and oxygen atoms in total. The summed E-state index contributed by atoms with van der Waals surface area (Å²) in [5.41, 5.74) is 0.849. The zero-order chi connectivity index (χ0) is 18.5. The lowest BCUT2D eigenvalue weighted by Gasteiger charge is -2.15. The van der Waals surface area contributed by atoms with Gasteiger partial charge in [0.25, 0.3) is 5.22 Å². The van der Waals surface area contributed by atoms with Gasteiger partial charge in [-0.2, -0.15) is 5.10 Å². The van der Waals surface area contributed by atoms with Crippen LogP contribution in [-0.2, 0) is 4.79 Å². The Bertz CT molecular complexity index is 861. The van der Waals surface area contributed by atoms with E-state index in [0.29, 0.717) is 16.9 Å². The van der Waals surface area contributed by atoms with Gasteiger partial charge in [-0.05, 0) is 32.4 Å². The fourth-order valence-corrected chi connectivity index (χ4v) is 3.01. The number of anilines is 1. The molecule has 3 rings (SSSR count). The maximum Gasteiger partial charge on any atom is 0.277 e. The van der Waals surface area contributed by atoms with Crippen LogP contribution in [0.25, 0.3) is 11.5 Å². The molecule has 0 aliphatic rings. The van der Waals surface area contributed by atoms with Crippen LogP contribution in [0, 0.1) is 0 Å². The summed E-state index contributed by atoms with van der Waals surface area (Å²) in [6.07, 6.45) is 2.61. The van der Waals surface area contributed by atoms with Gasteiger partial charge in [0.1, 0.15) is 5.82 Å². The Balaban J connectivity index is 1.63. The van der Waals surface area contributed by atoms with Crippen LogP contribution >= 0.6 is 11.8 Å². The van der Waals surface area contributed by atoms with E-state index < -0.39 is 0 Å². The zero-order valence-electron chi connectivity index (χ0n) is 14.9. The molecule has 0 radical (unpaired) electrons. The minimum absolute atomic E-state index is 0.139. The highest BCUT2D eigenvalue weighted by Gasteiger charge is 2.20. The first-order valence-corrected chi connectivity index (χ1v) is 9.36. The fraction of sp³-hybridized carbons (Fsp3) is 0.333. The van der Waals surface area contributed by atoms with Crippen LogP contribution in [0.4, 0.5) is 5.82 Å². The second kappa shape index (κ2) is 8.18. The summed E-state index contributed by atoms with van der Waals surface area (Å²) in [6, 6.07) is 11.5. The summed E-state index contributed by atoms with van der Waals surface area (Å²) in [6.45, 7) is 5.94. The van der Waals surface area contributed by atoms with E-state index in [1.165, 1.54) is 11.8 Å². The van der Waals surface area contributed by atoms with Crippen molar-refractivity contribution in [2.75, 3.05) is 5.32 Å². The van der Waals surface area contributed by atoms with Crippen LogP contribution < -0.4 is 5.32 Å². The topological polar surface area (TPSA) is 85.8 Å². The first kappa shape index (κ1) is 18.2. The lowest BCUT2D eigenvalue weighted by atomic mass is 10.2. The van der Waals surface area contributed by atoms with Crippen LogP contribution in [0.5, 0.6) is 0 Å². The molecule has 0 bridgehead atoms. The van der Waals surface area contributed by atoms with Crippen molar-refractivity contribution in [2.24, 2.45) is 0 Å². The van der Waals surface area contributed by atoms with E-state index in [9.17, 15) is 4.79 Å². The van der Waals surface area contributed by atoms with E-state index in [2.05, 4.69) is 34.5 Å². The van der Waals surface area contributed by atoms with E-state index in [4.69, 9.17) is 4.42 Å². The van der Waals surface area contributed by atoms with Gasteiger partial charge in [0.2, 0.25) is 11.8 Å². The first-order valence-electron chi connectivity index (χ1n) is 8.48. The van der Waals surface area contributed by atoms with Gasteiger partial charge in [0.05, 0.1) is 17.5 Å². The van der Waals surface area contributed by atoms with E-state index in [-0.39, 0.29) is 17.2 Å². The molecule has 0 fully saturated rings. The Morgan fingerprint density at radius 2 is 2.00 bits per heavy atom. The normalized spacial score (nSPS) is 13.3. The molecule has 1 amide bonds. The molecular weight excluding hydrogens is 350 g/mol. The highest BCUT2D eigenvalue weighted by atomic mass is 32.2. The summed E-state index contributed by atoms with van der Waals surface area (Å²) in [7, 11) is 0. The number of aromatic nitrogens is 4. The van der Waals surface area contributed by atoms with Crippen molar-refractivity contribution in [3.05, 3.63) is 42.6 Å². The quantitative estimate of drug-likeness (QED) is 0.631. The lowest BCUT2D eigenvalue weighted by Crippen LogP contribution is -2.24. The second-order valence-corrected chi connectivity index (χ2v) is 7.20. The SMILES string of the molecule is CC[C@H](C)n1nccc1NC(=O)[C@@H](C)Sc1nnc(-c2ccccc2)o1. The predicted molar refractivity (Wildman–Crippen MR) is 101 cm³/mol. The Morgan fingerprint density at radius 3 is 2.73 bits per heavy atom. The molecule has 8 heteroatoms. The molecule has 1 aromatic carbocycles. The number of carbonyl (C=O) groups excluding carboxylic acids is 1. The van der Waals surface area contributed by atoms with Gasteiger partial charge in [-0.25, -0.2) is 4.68 Å². The Hall–Kier alpha value is -2.61. The molecule has 2 atom stereocenters. The molecule has 0 unspecified atom stereocenters. The average molecular weight is 371 g/mol. The van der Waals surface area contributed by atoms with Crippen molar-refractivity contribution >= 4 is 23.5 Å². The van der Waals surface area contributed by atoms with Crippen LogP contribution in [-0.4, -0.2) is 31.1 Å². The minimum atomic E-state index is -0.389. The van der Waals surface area contributed by atoms with Crippen molar-refractivity contribution in [1.29, 1.82) is 0 Å². The number of benzene rings is 1. The number of nitrogens with zero attached hydrogens (tertiary/aromatic N) is 4. The number of amides is 1. The van der Waals surface area contributed by atoms with Crippen LogP contribution in [0.15, 0.2) is 52.2 Å². The Labute approximate surface area is 156 Å². The molecule has 26 heavy (non-hydrogen) atoms. The molecule has 136 valence electrons. The van der Waals surface area contributed by atoms with Gasteiger partial charge in [-0.1, -0.05) is 36.9 Å². The molecule has 0 aliphatic carbocycles. The third-order valence-electron chi connectivity index (χ3n) is 4.00. The van der Waals surface area contributed by atoms with Crippen molar-refractivity contribution in [3.63, 3.8) is 0 Å². The minimum Gasteiger partial charge on any atom is -0.411 e. The van der Waals surface area contributed by atoms with Crippen molar-refractivity contribution in [2.45, 2.75) is 43.7 Å². The summed E-state index contributed by atoms with van der Waals surface area (Å²) >= 11 is 1.23. The molecule has 0 saturated carbocycles. The maximum atomic E-state index is 12.5. The van der Waals surface area contributed by atoms with E-state index in [0.717, 1.165) is 12.0 Å². The summed E-state index contributed by atoms with van der Waals surface area (Å²) < 4.78 is 7.46. The average Bonchev–Trinajstić information content (AvgIpc) is 3.31. The summed E-state index contributed by atoms with van der Waals surface area (Å²) in [4.78, 5) is 12.5. The number of carbonyl (C=O) groups is 1. The number of rotatable bonds is 7. The monoisotopic (exact) mass is 371 g/mol. The maximum absolute atomic E-state index is 12.5. The highest BCUT2D eigenvalue weighted by Crippen LogP contribution is 2.27. The van der Waals surface area contributed by atoms with Gasteiger partial charge < -0.3 is 9.73 Å². The standard InChI is InChI=1S/C18H21N5O2S/c1-4-12(2)23-15(10-11-19-23)20-16(24)13(3)26-18-22-21-17(25-18)14-8-6-5-7-9-14/h5-13H,4H2,1-3H3,(H,20,24)/t12-,13+/m0/s1. The van der Waals surface area contributed by atoms with Crippen molar-refractivity contribution < 1.29 is 9.21 Å². The van der Waals surface area contributed by atoms with Crippen LogP contribution in [0.1, 0.15) is 33.2 Å². The van der Waals surface area contributed by atoms with Gasteiger partial charge in [-0.15, -0.1) is 10.2 Å². The zero-order valence-corrected chi connectivity index (χ0v) is 15.7. The number of thioether (sulfide) groups is 1. The van der Waals surface area contributed by atoms with Gasteiger partial charge in [0, 0.05) is 11.6 Å². The van der Waals surface area contributed by atoms with Crippen LogP contribution in [0.2, 0.25) is 0 Å². The molecule has 0 spiro atoms. The van der Waals surface area contributed by atoms with E-state index in [1.54, 1.807) is 19.2 Å². The summed E-state index contributed by atoms with van der Waals surface area (Å²) in [5, 5.41) is 15.2. The van der Waals surface area contributed by atoms with Crippen molar-refractivity contribution in [3.8, 4) is 11.5 Å². The van der Waals surface area contributed by atoms with E-state index >= 15 is 0 Å². The third-order valence-corrected chi connectivity index (χ3v) is 4.94. The van der Waals surface area contributed by atoms with Crippen molar-refractivity contribution in [1.82, 2.24) is 20.0 Å². The lowest BCUT2D eigenvalue weighted by molar-refractivity contribution is -0.115. The first-order chi connectivity index (χ1) is 12.6. The highest BCUT2D eigenvalue weighted by molar-refractivity contribution is 8.00. The van der Waals surface area contributed by atoms with Gasteiger partial charge in [0.15, 0.2) is 0 Å². The predicted octanol–water partition coefficient (Wildman–Crippen LogP) is 4.02. The Morgan fingerprint density at radius 1 is 1.23 bits per heavy atom. The molecule has 1 N–H and O–H groups in total. The third kappa shape index (κ3) is 4.13. The summed E-state index contributed by atoms with van der Waals surface area (Å²) in [5.74, 6) is 0.988. The van der Waals surface area contributed by atoms with Crippen LogP contribution in [0.3, 0.4) is 0 Å². The second-order valence-electron chi connectivity index (χ2n) is 5.91. The fourth-order valence-electron chi connectivity index (χ4n) is 2.32. The molecular formula is C18H21N5O2S. The van der Waals surface area contributed by atoms with Gasteiger partial charge >= 0.3 is 0 Å². The molecule has 2 heterocycles. The Kier molecular flexibility index (Phi) is 5.72. The molecule has 0 aliphatic heterocycles. The number of nitrogens with one attached hydrogen (secondary N) is 1. The van der Waals surface area contributed by atoms with Gasteiger partial charge in [-0.3, -0.25) is 4.79 Å². The number of hydrogen-bond acceptors (Lipinski definition) is 6. The molecule has 2 aromatic heterocycles. The van der Waals surface area contributed by atoms with E-state index in [1.807, 2.05) is 35.0 Å². The smallest absolute Gasteiger partial charge is 0.277 e. The largest absolute Gasteiger partial charge is 0.411 e. The molecule has 3 aromatic rings.